The monoisotopic (exact) mass is 1230 g/mol. The van der Waals surface area contributed by atoms with E-state index in [9.17, 15) is 58.2 Å². The van der Waals surface area contributed by atoms with Crippen molar-refractivity contribution in [3.8, 4) is 5.75 Å². The van der Waals surface area contributed by atoms with Crippen LogP contribution in [0.4, 0.5) is 0 Å². The third-order valence-corrected chi connectivity index (χ3v) is 15.4. The van der Waals surface area contributed by atoms with Crippen LogP contribution in [0, 0.1) is 0 Å². The molecule has 0 saturated carbocycles. The van der Waals surface area contributed by atoms with Gasteiger partial charge in [0.25, 0.3) is 0 Å². The number of carboxylic acid groups (broad SMARTS) is 1. The van der Waals surface area contributed by atoms with Crippen molar-refractivity contribution in [3.05, 3.63) is 84.1 Å². The van der Waals surface area contributed by atoms with E-state index in [4.69, 9.17) is 22.3 Å². The number of phenols is 1. The Morgan fingerprint density at radius 3 is 1.99 bits per heavy atom. The number of carbonyl (C=O) groups is 10. The number of aliphatic carboxylic acids is 1. The summed E-state index contributed by atoms with van der Waals surface area (Å²) in [6, 6.07) is 0.588. The molecular weight excluding hydrogens is 1150 g/mol. The maximum Gasteiger partial charge on any atom is 0.303 e. The summed E-state index contributed by atoms with van der Waals surface area (Å²) in [5.74, 6) is -8.61. The molecule has 0 bridgehead atoms. The highest BCUT2D eigenvalue weighted by Crippen LogP contribution is 2.25. The molecule has 9 atom stereocenters. The standard InChI is InChI=1S/C57H82N16O13S/c1-6-62-54(85)45-14-10-22-73(45)55(86)39(13-9-21-63-56(59)60)67-53(84)44(29-87-57(3,4)5)72-47(78)31(2)66-49(80)40(23-32-15-17-35(75)18-16-32)69-52(83)43(28-74)71-50(81)41(24-33-26-64-38-12-8-7-11-36(33)38)70-51(82)42(25-34-27-61-30-65-34)68-48(79)37(58)19-20-46(76)77/h7-8,11-12,15-18,26-27,30-31,37,39-45,64,74-75H,6,9-10,13-14,19-25,28-29,58H2,1-5H3,(H,61,65)(H,62,85)(H,66,80)(H,67,84)(H,68,79)(H,69,83)(H,70,82)(H,71,81)(H,72,78)(H,76,77)(H4,59,60,63)/t31-,37+,39+,40+,41+,42+,43+,44+,45+/m1/s1. The number of para-hydroxylation sites is 1. The first kappa shape index (κ1) is 69.0. The molecule has 2 aromatic carbocycles. The van der Waals surface area contributed by atoms with Gasteiger partial charge in [-0.25, -0.2) is 4.98 Å². The van der Waals surface area contributed by atoms with Crippen molar-refractivity contribution in [1.82, 2.24) is 62.4 Å². The van der Waals surface area contributed by atoms with Crippen molar-refractivity contribution in [1.29, 1.82) is 0 Å². The lowest BCUT2D eigenvalue weighted by molar-refractivity contribution is -0.142. The molecule has 3 heterocycles. The highest BCUT2D eigenvalue weighted by atomic mass is 32.2. The van der Waals surface area contributed by atoms with Crippen molar-refractivity contribution in [2.45, 2.75) is 152 Å². The number of benzene rings is 2. The predicted molar refractivity (Wildman–Crippen MR) is 323 cm³/mol. The number of aromatic nitrogens is 3. The third kappa shape index (κ3) is 21.9. The summed E-state index contributed by atoms with van der Waals surface area (Å²) in [7, 11) is 0. The fraction of sp³-hybridized carbons (Fsp3) is 0.509. The average Bonchev–Trinajstić information content (AvgIpc) is 2.26. The van der Waals surface area contributed by atoms with Crippen molar-refractivity contribution in [2.75, 3.05) is 32.0 Å². The first-order valence-electron chi connectivity index (χ1n) is 28.6. The Bertz CT molecular complexity index is 3040. The lowest BCUT2D eigenvalue weighted by atomic mass is 10.0. The molecule has 29 nitrogen and oxygen atoms in total. The molecule has 1 saturated heterocycles. The predicted octanol–water partition coefficient (Wildman–Crippen LogP) is -2.07. The molecule has 1 aliphatic heterocycles. The summed E-state index contributed by atoms with van der Waals surface area (Å²) in [4.78, 5) is 153. The van der Waals surface area contributed by atoms with E-state index >= 15 is 0 Å². The van der Waals surface area contributed by atoms with Crippen molar-refractivity contribution in [2.24, 2.45) is 22.2 Å². The number of aliphatic imine (C=N–C) groups is 1. The first-order valence-corrected chi connectivity index (χ1v) is 29.5. The summed E-state index contributed by atoms with van der Waals surface area (Å²) >= 11 is 1.34. The quantitative estimate of drug-likeness (QED) is 0.0138. The van der Waals surface area contributed by atoms with Gasteiger partial charge < -0.3 is 89.9 Å². The number of aliphatic hydroxyl groups is 1. The van der Waals surface area contributed by atoms with Crippen LogP contribution in [0.15, 0.2) is 72.2 Å². The second kappa shape index (κ2) is 33.2. The molecule has 30 heteroatoms. The van der Waals surface area contributed by atoms with E-state index in [2.05, 4.69) is 62.5 Å². The highest BCUT2D eigenvalue weighted by molar-refractivity contribution is 8.00. The van der Waals surface area contributed by atoms with Crippen molar-refractivity contribution in [3.63, 3.8) is 0 Å². The number of hydrogen-bond acceptors (Lipinski definition) is 16. The molecule has 4 aromatic rings. The van der Waals surface area contributed by atoms with Gasteiger partial charge in [0.05, 0.1) is 19.0 Å². The normalized spacial score (nSPS) is 15.9. The second-order valence-corrected chi connectivity index (χ2v) is 23.8. The molecular formula is C57H82N16O13S. The number of rotatable bonds is 33. The lowest BCUT2D eigenvalue weighted by Crippen LogP contribution is -2.61. The maximum atomic E-state index is 14.5. The van der Waals surface area contributed by atoms with Crippen LogP contribution in [0.3, 0.4) is 0 Å². The number of carboxylic acids is 1. The van der Waals surface area contributed by atoms with Crippen LogP contribution in [0.2, 0.25) is 0 Å². The Kier molecular flexibility index (Phi) is 26.3. The molecule has 19 N–H and O–H groups in total. The Morgan fingerprint density at radius 1 is 0.759 bits per heavy atom. The molecule has 1 aliphatic rings. The van der Waals surface area contributed by atoms with Gasteiger partial charge in [-0.1, -0.05) is 51.1 Å². The summed E-state index contributed by atoms with van der Waals surface area (Å²) in [5.41, 5.74) is 19.1. The number of thioether (sulfide) groups is 1. The number of fused-ring (bicyclic) bond motifs is 1. The number of likely N-dealkylation sites (N-methyl/N-ethyl adjacent to an activating group) is 1. The summed E-state index contributed by atoms with van der Waals surface area (Å²) in [6.45, 7) is 8.50. The van der Waals surface area contributed by atoms with E-state index in [0.717, 1.165) is 0 Å². The van der Waals surface area contributed by atoms with Gasteiger partial charge in [-0.05, 0) is 75.3 Å². The van der Waals surface area contributed by atoms with Crippen molar-refractivity contribution >= 4 is 87.8 Å². The van der Waals surface area contributed by atoms with Gasteiger partial charge in [0, 0.05) is 84.8 Å². The number of aromatic amines is 2. The number of H-pyrrole nitrogens is 2. The van der Waals surface area contributed by atoms with Gasteiger partial charge in [0.1, 0.15) is 54.1 Å². The zero-order valence-electron chi connectivity index (χ0n) is 49.4. The molecule has 87 heavy (non-hydrogen) atoms. The van der Waals surface area contributed by atoms with E-state index in [-0.39, 0.29) is 75.0 Å². The fourth-order valence-electron chi connectivity index (χ4n) is 9.35. The Balaban J connectivity index is 1.36. The SMILES string of the molecule is CCNC(=O)[C@@H]1CCCN1C(=O)[C@H](CCCN=C(N)N)NC(=O)[C@H](CSC(C)(C)C)NC(=O)[C@@H](C)NC(=O)[C@H](Cc1ccc(O)cc1)NC(=O)[C@H](CO)NC(=O)[C@H](Cc1c[nH]c2ccccc12)NC(=O)[C@H](Cc1cnc[nH]1)NC(=O)[C@@H](N)CCC(=O)O. The van der Waals surface area contributed by atoms with Crippen LogP contribution in [0.5, 0.6) is 5.75 Å². The first-order chi connectivity index (χ1) is 41.3. The number of hydrogen-bond donors (Lipinski definition) is 16. The molecule has 0 unspecified atom stereocenters. The summed E-state index contributed by atoms with van der Waals surface area (Å²) in [6.07, 6.45) is 4.34. The molecule has 9 amide bonds. The van der Waals surface area contributed by atoms with Crippen LogP contribution in [-0.4, -0.2) is 191 Å². The number of nitrogens with two attached hydrogens (primary N) is 3. The lowest BCUT2D eigenvalue weighted by Gasteiger charge is -2.30. The van der Waals surface area contributed by atoms with Crippen molar-refractivity contribution < 1.29 is 63.3 Å². The minimum Gasteiger partial charge on any atom is -0.508 e. The third-order valence-electron chi connectivity index (χ3n) is 14.0. The molecule has 474 valence electrons. The fourth-order valence-corrected chi connectivity index (χ4v) is 10.3. The Morgan fingerprint density at radius 2 is 1.36 bits per heavy atom. The van der Waals surface area contributed by atoms with E-state index in [1.54, 1.807) is 37.4 Å². The average molecular weight is 1230 g/mol. The molecule has 0 radical (unpaired) electrons. The minimum absolute atomic E-state index is 0.00916. The van der Waals surface area contributed by atoms with Gasteiger partial charge in [-0.2, -0.15) is 11.8 Å². The number of amides is 9. The Labute approximate surface area is 507 Å². The number of likely N-dealkylation sites (tertiary alicyclic amines) is 1. The molecule has 0 spiro atoms. The van der Waals surface area contributed by atoms with E-state index in [1.165, 1.54) is 60.4 Å². The molecule has 2 aromatic heterocycles. The van der Waals surface area contributed by atoms with Crippen LogP contribution in [0.25, 0.3) is 10.9 Å². The van der Waals surface area contributed by atoms with E-state index in [0.29, 0.717) is 47.1 Å². The summed E-state index contributed by atoms with van der Waals surface area (Å²) in [5, 5.41) is 51.6. The Hall–Kier alpha value is -8.77. The number of carbonyl (C=O) groups excluding carboxylic acids is 9. The zero-order valence-corrected chi connectivity index (χ0v) is 50.2. The largest absolute Gasteiger partial charge is 0.508 e. The number of phenolic OH excluding ortho intramolecular Hbond substituents is 1. The second-order valence-electron chi connectivity index (χ2n) is 22.0. The number of nitrogens with zero attached hydrogens (tertiary/aromatic N) is 3. The molecule has 1 fully saturated rings. The van der Waals surface area contributed by atoms with Gasteiger partial charge in [0.15, 0.2) is 5.96 Å². The van der Waals surface area contributed by atoms with Gasteiger partial charge in [-0.15, -0.1) is 0 Å². The number of nitrogens with one attached hydrogen (secondary N) is 10. The zero-order chi connectivity index (χ0) is 64.0. The topological polar surface area (TPSA) is 466 Å². The maximum absolute atomic E-state index is 14.5. The molecule has 5 rings (SSSR count). The van der Waals surface area contributed by atoms with Crippen LogP contribution < -0.4 is 59.7 Å². The smallest absolute Gasteiger partial charge is 0.303 e. The van der Waals surface area contributed by atoms with E-state index in [1.807, 2.05) is 20.8 Å². The van der Waals surface area contributed by atoms with Crippen LogP contribution in [-0.2, 0) is 67.2 Å². The number of aromatic hydroxyl groups is 1. The number of imidazole rings is 1. The van der Waals surface area contributed by atoms with Crippen LogP contribution in [0.1, 0.15) is 90.0 Å². The minimum atomic E-state index is -1.78. The van der Waals surface area contributed by atoms with Gasteiger partial charge >= 0.3 is 5.97 Å². The number of guanidine groups is 1. The van der Waals surface area contributed by atoms with Gasteiger partial charge in [0.2, 0.25) is 53.2 Å². The number of aliphatic hydroxyl groups excluding tert-OH is 1. The van der Waals surface area contributed by atoms with E-state index < -0.39 is 125 Å². The summed E-state index contributed by atoms with van der Waals surface area (Å²) < 4.78 is -0.420. The van der Waals surface area contributed by atoms with Crippen LogP contribution >= 0.6 is 11.8 Å². The highest BCUT2D eigenvalue weighted by Gasteiger charge is 2.39. The van der Waals surface area contributed by atoms with Gasteiger partial charge in [-0.3, -0.25) is 52.9 Å². The molecule has 0 aliphatic carbocycles.